The molecule has 0 spiro atoms. The lowest BCUT2D eigenvalue weighted by Gasteiger charge is -2.33. The summed E-state index contributed by atoms with van der Waals surface area (Å²) in [6.45, 7) is 2.83. The van der Waals surface area contributed by atoms with Gasteiger partial charge < -0.3 is 9.32 Å². The van der Waals surface area contributed by atoms with Crippen molar-refractivity contribution < 1.29 is 9.21 Å². The lowest BCUT2D eigenvalue weighted by Crippen LogP contribution is -2.42. The van der Waals surface area contributed by atoms with Crippen molar-refractivity contribution in [3.05, 3.63) is 42.3 Å². The summed E-state index contributed by atoms with van der Waals surface area (Å²) in [4.78, 5) is 19.1. The highest BCUT2D eigenvalue weighted by atomic mass is 16.3. The first-order chi connectivity index (χ1) is 11.3. The van der Waals surface area contributed by atoms with Gasteiger partial charge in [-0.25, -0.2) is 4.98 Å². The van der Waals surface area contributed by atoms with Crippen LogP contribution in [0.25, 0.3) is 11.5 Å². The Balaban J connectivity index is 1.66. The minimum Gasteiger partial charge on any atom is -0.444 e. The minimum atomic E-state index is 0.160. The summed E-state index contributed by atoms with van der Waals surface area (Å²) in [5, 5.41) is 0. The number of rotatable bonds is 5. The van der Waals surface area contributed by atoms with Gasteiger partial charge in [-0.1, -0.05) is 37.5 Å². The van der Waals surface area contributed by atoms with Crippen molar-refractivity contribution in [2.24, 2.45) is 0 Å². The van der Waals surface area contributed by atoms with Gasteiger partial charge in [0.25, 0.3) is 0 Å². The van der Waals surface area contributed by atoms with Crippen molar-refractivity contribution in [3.8, 4) is 11.5 Å². The smallest absolute Gasteiger partial charge is 0.228 e. The lowest BCUT2D eigenvalue weighted by molar-refractivity contribution is -0.133. The van der Waals surface area contributed by atoms with Crippen LogP contribution in [-0.4, -0.2) is 28.4 Å². The van der Waals surface area contributed by atoms with Gasteiger partial charge in [0, 0.05) is 18.2 Å². The number of carbonyl (C=O) groups excluding carboxylic acids is 1. The van der Waals surface area contributed by atoms with Crippen LogP contribution in [0.3, 0.4) is 0 Å². The maximum atomic E-state index is 12.6. The van der Waals surface area contributed by atoms with Gasteiger partial charge in [-0.3, -0.25) is 4.79 Å². The molecule has 4 heteroatoms. The van der Waals surface area contributed by atoms with E-state index in [1.807, 2.05) is 35.2 Å². The van der Waals surface area contributed by atoms with E-state index < -0.39 is 0 Å². The number of nitrogens with zero attached hydrogens (tertiary/aromatic N) is 2. The summed E-state index contributed by atoms with van der Waals surface area (Å²) in [7, 11) is 0. The highest BCUT2D eigenvalue weighted by Crippen LogP contribution is 2.23. The van der Waals surface area contributed by atoms with Gasteiger partial charge in [-0.15, -0.1) is 0 Å². The van der Waals surface area contributed by atoms with Crippen LogP contribution < -0.4 is 0 Å². The van der Waals surface area contributed by atoms with Crippen LogP contribution in [0.4, 0.5) is 0 Å². The molecule has 1 saturated carbocycles. The summed E-state index contributed by atoms with van der Waals surface area (Å²) in [5.74, 6) is 0.737. The average Bonchev–Trinajstić information content (AvgIpc) is 3.06. The second-order valence-electron chi connectivity index (χ2n) is 6.16. The second kappa shape index (κ2) is 7.44. The molecule has 0 radical (unpaired) electrons. The Morgan fingerprint density at radius 2 is 1.96 bits per heavy atom. The molecule has 4 nitrogen and oxygen atoms in total. The fraction of sp³-hybridized carbons (Fsp3) is 0.474. The first kappa shape index (κ1) is 15.8. The first-order valence-corrected chi connectivity index (χ1v) is 8.57. The van der Waals surface area contributed by atoms with Gasteiger partial charge in [0.15, 0.2) is 0 Å². The molecule has 0 atom stereocenters. The molecule has 0 N–H and O–H groups in total. The van der Waals surface area contributed by atoms with Crippen molar-refractivity contribution in [2.75, 3.05) is 6.54 Å². The molecule has 122 valence electrons. The normalized spacial score (nSPS) is 15.5. The Morgan fingerprint density at radius 3 is 2.65 bits per heavy atom. The summed E-state index contributed by atoms with van der Waals surface area (Å²) >= 11 is 0. The van der Waals surface area contributed by atoms with Crippen molar-refractivity contribution >= 4 is 5.91 Å². The number of hydrogen-bond acceptors (Lipinski definition) is 3. The molecule has 1 aliphatic rings. The van der Waals surface area contributed by atoms with Crippen LogP contribution in [0.5, 0.6) is 0 Å². The average molecular weight is 312 g/mol. The minimum absolute atomic E-state index is 0.160. The largest absolute Gasteiger partial charge is 0.444 e. The van der Waals surface area contributed by atoms with Crippen molar-refractivity contribution in [1.29, 1.82) is 0 Å². The molecule has 0 unspecified atom stereocenters. The molecule has 1 aromatic heterocycles. The van der Waals surface area contributed by atoms with Crippen LogP contribution in [0.2, 0.25) is 0 Å². The Labute approximate surface area is 137 Å². The van der Waals surface area contributed by atoms with Gasteiger partial charge in [-0.2, -0.15) is 0 Å². The zero-order valence-electron chi connectivity index (χ0n) is 13.7. The number of benzene rings is 1. The monoisotopic (exact) mass is 312 g/mol. The van der Waals surface area contributed by atoms with Gasteiger partial charge in [0.1, 0.15) is 6.26 Å². The van der Waals surface area contributed by atoms with Gasteiger partial charge in [0.05, 0.1) is 12.1 Å². The summed E-state index contributed by atoms with van der Waals surface area (Å²) in [6, 6.07) is 10.2. The van der Waals surface area contributed by atoms with E-state index in [-0.39, 0.29) is 5.91 Å². The van der Waals surface area contributed by atoms with E-state index in [0.29, 0.717) is 24.0 Å². The van der Waals surface area contributed by atoms with Crippen LogP contribution in [0.1, 0.15) is 44.7 Å². The Morgan fingerprint density at radius 1 is 1.22 bits per heavy atom. The Kier molecular flexibility index (Phi) is 5.11. The topological polar surface area (TPSA) is 46.3 Å². The molecule has 3 rings (SSSR count). The molecule has 2 aromatic rings. The van der Waals surface area contributed by atoms with E-state index in [2.05, 4.69) is 11.9 Å². The SMILES string of the molecule is CCN(C(=O)Cc1coc(-c2ccccc2)n1)C1CCCCC1. The maximum Gasteiger partial charge on any atom is 0.228 e. The molecule has 0 saturated heterocycles. The van der Waals surface area contributed by atoms with Crippen molar-refractivity contribution in [2.45, 2.75) is 51.5 Å². The second-order valence-corrected chi connectivity index (χ2v) is 6.16. The maximum absolute atomic E-state index is 12.6. The Hall–Kier alpha value is -2.10. The first-order valence-electron chi connectivity index (χ1n) is 8.57. The number of aromatic nitrogens is 1. The molecule has 0 aliphatic heterocycles. The fourth-order valence-electron chi connectivity index (χ4n) is 3.39. The third-order valence-electron chi connectivity index (χ3n) is 4.58. The predicted molar refractivity (Wildman–Crippen MR) is 89.9 cm³/mol. The number of amides is 1. The molecule has 23 heavy (non-hydrogen) atoms. The molecule has 1 aromatic carbocycles. The summed E-state index contributed by atoms with van der Waals surface area (Å²) < 4.78 is 5.53. The van der Waals surface area contributed by atoms with E-state index in [1.54, 1.807) is 6.26 Å². The quantitative estimate of drug-likeness (QED) is 0.836. The molecular weight excluding hydrogens is 288 g/mol. The Bertz CT molecular complexity index is 630. The third-order valence-corrected chi connectivity index (χ3v) is 4.58. The zero-order chi connectivity index (χ0) is 16.1. The van der Waals surface area contributed by atoms with Gasteiger partial charge >= 0.3 is 0 Å². The van der Waals surface area contributed by atoms with Crippen molar-refractivity contribution in [3.63, 3.8) is 0 Å². The van der Waals surface area contributed by atoms with E-state index in [9.17, 15) is 4.79 Å². The third kappa shape index (κ3) is 3.81. The van der Waals surface area contributed by atoms with Gasteiger partial charge in [-0.05, 0) is 31.9 Å². The van der Waals surface area contributed by atoms with Crippen LogP contribution in [0.15, 0.2) is 41.0 Å². The standard InChI is InChI=1S/C19H24N2O2/c1-2-21(17-11-7-4-8-12-17)18(22)13-16-14-23-19(20-16)15-9-5-3-6-10-15/h3,5-6,9-10,14,17H,2,4,7-8,11-13H2,1H3. The van der Waals surface area contributed by atoms with E-state index in [1.165, 1.54) is 19.3 Å². The number of likely N-dealkylation sites (N-methyl/N-ethyl adjacent to an activating group) is 1. The van der Waals surface area contributed by atoms with Crippen LogP contribution >= 0.6 is 0 Å². The number of carbonyl (C=O) groups is 1. The number of oxazole rings is 1. The van der Waals surface area contributed by atoms with E-state index in [4.69, 9.17) is 4.42 Å². The molecule has 1 amide bonds. The molecule has 1 aliphatic carbocycles. The zero-order valence-corrected chi connectivity index (χ0v) is 13.7. The van der Waals surface area contributed by atoms with E-state index >= 15 is 0 Å². The number of hydrogen-bond donors (Lipinski definition) is 0. The summed E-state index contributed by atoms with van der Waals surface area (Å²) in [6.07, 6.45) is 7.95. The van der Waals surface area contributed by atoms with Crippen LogP contribution in [-0.2, 0) is 11.2 Å². The molecule has 1 fully saturated rings. The summed E-state index contributed by atoms with van der Waals surface area (Å²) in [5.41, 5.74) is 1.65. The van der Waals surface area contributed by atoms with E-state index in [0.717, 1.165) is 24.9 Å². The van der Waals surface area contributed by atoms with Crippen LogP contribution in [0, 0.1) is 0 Å². The molecule has 1 heterocycles. The molecule has 0 bridgehead atoms. The predicted octanol–water partition coefficient (Wildman–Crippen LogP) is 4.07. The lowest BCUT2D eigenvalue weighted by atomic mass is 9.94. The van der Waals surface area contributed by atoms with Gasteiger partial charge in [0.2, 0.25) is 11.8 Å². The highest BCUT2D eigenvalue weighted by molar-refractivity contribution is 5.78. The molecular formula is C19H24N2O2. The highest BCUT2D eigenvalue weighted by Gasteiger charge is 2.24. The fourth-order valence-corrected chi connectivity index (χ4v) is 3.39. The van der Waals surface area contributed by atoms with Crippen molar-refractivity contribution in [1.82, 2.24) is 9.88 Å².